The Hall–Kier alpha value is -10.9. The molecule has 5 atom stereocenters. The second kappa shape index (κ2) is 27.9. The van der Waals surface area contributed by atoms with Crippen LogP contribution in [0.1, 0.15) is 319 Å². The highest BCUT2D eigenvalue weighted by Crippen LogP contribution is 2.64. The van der Waals surface area contributed by atoms with E-state index in [1.165, 1.54) is 155 Å². The van der Waals surface area contributed by atoms with Crippen LogP contribution in [0, 0.1) is 12.8 Å². The summed E-state index contributed by atoms with van der Waals surface area (Å²) in [5, 5.41) is 7.13. The van der Waals surface area contributed by atoms with E-state index in [2.05, 4.69) is 388 Å². The summed E-state index contributed by atoms with van der Waals surface area (Å²) >= 11 is 0. The smallest absolute Gasteiger partial charge is 0.296 e. The normalized spacial score (nSPS) is 20.2. The van der Waals surface area contributed by atoms with Crippen LogP contribution in [0.3, 0.4) is 0 Å². The predicted octanol–water partition coefficient (Wildman–Crippen LogP) is 30.3. The van der Waals surface area contributed by atoms with Crippen LogP contribution in [-0.4, -0.2) is 13.4 Å². The number of hydrogen-bond acceptors (Lipinski definition) is 7. The van der Waals surface area contributed by atoms with E-state index in [-0.39, 0.29) is 91.7 Å². The summed E-state index contributed by atoms with van der Waals surface area (Å²) in [6, 6.07) is 76.8. The Labute approximate surface area is 771 Å². The number of aryl methyl sites for hydroxylation is 1. The van der Waals surface area contributed by atoms with Gasteiger partial charge in [-0.05, 0) is 304 Å². The van der Waals surface area contributed by atoms with Crippen molar-refractivity contribution in [2.75, 3.05) is 14.7 Å². The Balaban J connectivity index is 0.630. The first-order valence-electron chi connectivity index (χ1n) is 49.0. The van der Waals surface area contributed by atoms with Crippen molar-refractivity contribution in [3.63, 3.8) is 0 Å². The van der Waals surface area contributed by atoms with E-state index in [0.717, 1.165) is 124 Å². The van der Waals surface area contributed by atoms with Crippen LogP contribution in [0.2, 0.25) is 0 Å². The molecule has 7 nitrogen and oxygen atoms in total. The van der Waals surface area contributed by atoms with Gasteiger partial charge in [0.25, 0.3) is 13.4 Å². The molecule has 130 heavy (non-hydrogen) atoms. The summed E-state index contributed by atoms with van der Waals surface area (Å²) in [6.45, 7) is 59.9. The van der Waals surface area contributed by atoms with E-state index in [4.69, 9.17) is 17.7 Å². The number of nitrogens with zero attached hydrogens (tertiary/aromatic N) is 3. The van der Waals surface area contributed by atoms with Crippen LogP contribution in [0.15, 0.2) is 235 Å². The molecule has 0 saturated heterocycles. The number of furan rings is 4. The number of hydrogen-bond donors (Lipinski definition) is 0. The van der Waals surface area contributed by atoms with E-state index in [0.29, 0.717) is 0 Å². The number of anilines is 7. The highest BCUT2D eigenvalue weighted by molar-refractivity contribution is 6.98. The zero-order valence-electron chi connectivity index (χ0n) is 81.7. The first kappa shape index (κ1) is 83.4. The Kier molecular flexibility index (Phi) is 17.9. The van der Waals surface area contributed by atoms with E-state index in [1.54, 1.807) is 0 Å². The lowest BCUT2D eigenvalue weighted by Crippen LogP contribution is -2.58. The summed E-state index contributed by atoms with van der Waals surface area (Å²) < 4.78 is 30.1. The van der Waals surface area contributed by atoms with E-state index in [1.807, 2.05) is 0 Å². The van der Waals surface area contributed by atoms with Gasteiger partial charge in [0.2, 0.25) is 0 Å². The highest BCUT2D eigenvalue weighted by Gasteiger charge is 2.57. The van der Waals surface area contributed by atoms with Crippen molar-refractivity contribution in [2.24, 2.45) is 5.92 Å². The standard InChI is InChI=1S/C121H129B2N3O4/c1-67-56-85-102-81(62-82(102)80-63-87-88(119(20,21)53-52-118(87,18)19)64-91(80)122-105(85)95(57-67)124(74-40-34-70(35-41-74)113(4,5)6)107-83-60-72(114(7,8)9)38-48-100(83)129-111(107)122)77-45-44-76(103-78-30-26-28-32-98(78)127-109(77)103)69(3)50-51-117(16,17)71-36-42-75(43-37-71)125-96-58-68(2)59-97-106(96)123(112-108(125)84-61-73(115(10,11)12)39-49-101(84)130-112)92-65-89-90(121(24,25)55-54-120(89,22)23)66-94(92)126(97)93-47-46-86(116(13,14)15)110-104(93)79-31-27-29-33-99(79)128-110/h26-49,56-58,60-61,63-66,68-69,81-82,102H,50-55,59,62H2,1-25H3. The number of para-hydroxylation sites is 2. The molecule has 1 saturated carbocycles. The summed E-state index contributed by atoms with van der Waals surface area (Å²) in [6.07, 6.45) is 11.0. The van der Waals surface area contributed by atoms with Crippen LogP contribution >= 0.6 is 0 Å². The third-order valence-electron chi connectivity index (χ3n) is 33.5. The van der Waals surface area contributed by atoms with Gasteiger partial charge >= 0.3 is 0 Å². The third-order valence-corrected chi connectivity index (χ3v) is 33.5. The second-order valence-corrected chi connectivity index (χ2v) is 48.7. The van der Waals surface area contributed by atoms with Gasteiger partial charge in [0.1, 0.15) is 33.5 Å². The molecule has 0 bridgehead atoms. The maximum absolute atomic E-state index is 7.71. The van der Waals surface area contributed by atoms with Gasteiger partial charge < -0.3 is 32.4 Å². The zero-order chi connectivity index (χ0) is 90.8. The molecular weight excluding hydrogens is 1580 g/mol. The van der Waals surface area contributed by atoms with Crippen molar-refractivity contribution < 1.29 is 17.7 Å². The molecule has 15 aromatic rings. The lowest BCUT2D eigenvalue weighted by atomic mass is 9.33. The van der Waals surface area contributed by atoms with Crippen molar-refractivity contribution in [2.45, 2.75) is 297 Å². The Bertz CT molecular complexity index is 7410. The van der Waals surface area contributed by atoms with Crippen molar-refractivity contribution in [1.82, 2.24) is 0 Å². The number of rotatable bonds is 9. The minimum Gasteiger partial charge on any atom is -0.468 e. The van der Waals surface area contributed by atoms with E-state index >= 15 is 0 Å². The van der Waals surface area contributed by atoms with Crippen LogP contribution in [-0.2, 0) is 48.7 Å². The Morgan fingerprint density at radius 1 is 0.423 bits per heavy atom. The monoisotopic (exact) mass is 1710 g/mol. The first-order valence-corrected chi connectivity index (χ1v) is 49.0. The Morgan fingerprint density at radius 2 is 0.931 bits per heavy atom. The molecule has 11 aromatic carbocycles. The van der Waals surface area contributed by atoms with Gasteiger partial charge in [0.05, 0.1) is 33.8 Å². The molecule has 23 rings (SSSR count). The number of fused-ring (bicyclic) bond motifs is 23. The van der Waals surface area contributed by atoms with Gasteiger partial charge in [0, 0.05) is 66.6 Å². The molecule has 658 valence electrons. The van der Waals surface area contributed by atoms with Crippen LogP contribution in [0.4, 0.5) is 39.8 Å². The molecule has 9 heteroatoms. The molecule has 8 heterocycles. The molecule has 8 aliphatic rings. The quantitative estimate of drug-likeness (QED) is 0.133. The molecule has 0 radical (unpaired) electrons. The van der Waals surface area contributed by atoms with E-state index < -0.39 is 0 Å². The number of benzene rings is 11. The van der Waals surface area contributed by atoms with Gasteiger partial charge in [-0.1, -0.05) is 293 Å². The molecule has 0 spiro atoms. The third kappa shape index (κ3) is 12.4. The summed E-state index contributed by atoms with van der Waals surface area (Å²) in [7, 11) is 0. The molecule has 4 aliphatic heterocycles. The molecule has 1 fully saturated rings. The predicted molar refractivity (Wildman–Crippen MR) is 550 cm³/mol. The van der Waals surface area contributed by atoms with Crippen LogP contribution < -0.4 is 42.4 Å². The first-order chi connectivity index (χ1) is 61.4. The molecule has 5 unspecified atom stereocenters. The minimum absolute atomic E-state index is 0.000904. The van der Waals surface area contributed by atoms with Gasteiger partial charge in [-0.3, -0.25) is 0 Å². The van der Waals surface area contributed by atoms with Crippen molar-refractivity contribution in [3.8, 4) is 0 Å². The highest BCUT2D eigenvalue weighted by atomic mass is 16.3. The summed E-state index contributed by atoms with van der Waals surface area (Å²) in [5.74, 6) is 1.02. The van der Waals surface area contributed by atoms with Gasteiger partial charge in [0.15, 0.2) is 0 Å². The summed E-state index contributed by atoms with van der Waals surface area (Å²) in [4.78, 5) is 7.98. The lowest BCUT2D eigenvalue weighted by Gasteiger charge is -2.49. The minimum atomic E-state index is -0.184. The molecular formula is C121H129B2N3O4. The summed E-state index contributed by atoms with van der Waals surface area (Å²) in [5.41, 5.74) is 43.0. The maximum atomic E-state index is 7.71. The van der Waals surface area contributed by atoms with Gasteiger partial charge in [-0.15, -0.1) is 0 Å². The largest absolute Gasteiger partial charge is 0.468 e. The fraction of sp³-hybridized carbons (Fsp3) is 0.388. The van der Waals surface area contributed by atoms with Gasteiger partial charge in [-0.25, -0.2) is 0 Å². The van der Waals surface area contributed by atoms with Crippen molar-refractivity contribution >= 4 is 147 Å². The van der Waals surface area contributed by atoms with Crippen LogP contribution in [0.25, 0.3) is 65.8 Å². The van der Waals surface area contributed by atoms with Crippen molar-refractivity contribution in [1.29, 1.82) is 0 Å². The average Bonchev–Trinajstić information content (AvgIpc) is 1.38. The Morgan fingerprint density at radius 3 is 1.52 bits per heavy atom. The average molecular weight is 1710 g/mol. The molecule has 0 N–H and O–H groups in total. The van der Waals surface area contributed by atoms with Crippen LogP contribution in [0.5, 0.6) is 0 Å². The molecule has 0 amide bonds. The topological polar surface area (TPSA) is 62.3 Å². The number of allylic oxidation sites excluding steroid dienone is 3. The zero-order valence-corrected chi connectivity index (χ0v) is 81.7. The SMILES string of the molecule is Cc1cc2c3c(c1)N(c1ccc(C(C)(C)C)cc1)c1c(oc4ccc(C(C)(C)C)cc14)B3c1cc3c(cc1C1CC(c4ccc(C(C)CCC(C)(C)c5ccc(N6C7=CC(C)CC8=C7B(c7cc9c(cc7N8c7ccc(C(C)(C)C)c8oc%10ccccc%10c78)C(C)(C)CCC9(C)C)c7oc8ccc(C(C)(C)C)cc8c76)cc5)c5c4oc4ccccc45)C21)C(C)(C)CCC3(C)C. The second-order valence-electron chi connectivity index (χ2n) is 48.7. The van der Waals surface area contributed by atoms with Gasteiger partial charge in [-0.2, -0.15) is 0 Å². The molecule has 4 aliphatic carbocycles. The molecule has 4 aromatic heterocycles. The fourth-order valence-electron chi connectivity index (χ4n) is 25.5. The fourth-order valence-corrected chi connectivity index (χ4v) is 25.5. The van der Waals surface area contributed by atoms with E-state index in [9.17, 15) is 0 Å². The van der Waals surface area contributed by atoms with Crippen molar-refractivity contribution in [3.05, 3.63) is 295 Å². The lowest BCUT2D eigenvalue weighted by molar-refractivity contribution is 0.286. The maximum Gasteiger partial charge on any atom is 0.296 e.